The molecule has 2 fully saturated rings. The minimum atomic E-state index is -2.74. The van der Waals surface area contributed by atoms with E-state index in [1.165, 1.54) is 7.11 Å². The van der Waals surface area contributed by atoms with Crippen LogP contribution in [0, 0.1) is 11.7 Å². The standard InChI is InChI=1S/C17H22F3N3O3.ClH/c1-23-5-3-4-13(23)14(24)21-8-10-6-12(18)16(22-15(10)25-2)26-9-11-7-17(11,19)20;/h6,11,13H,3-5,7-9H2,1-2H3,(H,21,24);1H. The van der Waals surface area contributed by atoms with Crippen LogP contribution in [0.3, 0.4) is 0 Å². The number of ether oxygens (including phenoxy) is 2. The number of methoxy groups -OCH3 is 1. The van der Waals surface area contributed by atoms with E-state index in [4.69, 9.17) is 9.47 Å². The fourth-order valence-electron chi connectivity index (χ4n) is 3.07. The SMILES string of the molecule is COc1nc(OCC2CC2(F)F)c(F)cc1CNC(=O)C1CCCN1C.Cl. The van der Waals surface area contributed by atoms with E-state index in [9.17, 15) is 18.0 Å². The lowest BCUT2D eigenvalue weighted by atomic mass is 10.2. The van der Waals surface area contributed by atoms with Crippen LogP contribution < -0.4 is 14.8 Å². The van der Waals surface area contributed by atoms with E-state index in [1.54, 1.807) is 0 Å². The molecule has 1 N–H and O–H groups in total. The number of hydrogen-bond acceptors (Lipinski definition) is 5. The molecular weight excluding hydrogens is 387 g/mol. The number of pyridine rings is 1. The molecule has 1 saturated heterocycles. The van der Waals surface area contributed by atoms with Crippen molar-refractivity contribution >= 4 is 18.3 Å². The van der Waals surface area contributed by atoms with E-state index >= 15 is 0 Å². The van der Waals surface area contributed by atoms with Crippen molar-refractivity contribution < 1.29 is 27.4 Å². The molecule has 1 saturated carbocycles. The smallest absolute Gasteiger partial charge is 0.255 e. The zero-order valence-electron chi connectivity index (χ0n) is 15.1. The lowest BCUT2D eigenvalue weighted by Crippen LogP contribution is -2.41. The summed E-state index contributed by atoms with van der Waals surface area (Å²) >= 11 is 0. The number of likely N-dealkylation sites (tertiary alicyclic amines) is 1. The lowest BCUT2D eigenvalue weighted by Gasteiger charge is -2.19. The third-order valence-electron chi connectivity index (χ3n) is 4.83. The Bertz CT molecular complexity index is 693. The number of halogens is 4. The molecule has 1 amide bonds. The minimum Gasteiger partial charge on any atom is -0.481 e. The van der Waals surface area contributed by atoms with Gasteiger partial charge in [-0.1, -0.05) is 0 Å². The Hall–Kier alpha value is -1.74. The summed E-state index contributed by atoms with van der Waals surface area (Å²) in [6, 6.07) is 0.951. The first kappa shape index (κ1) is 21.6. The number of rotatable bonds is 7. The second-order valence-electron chi connectivity index (χ2n) is 6.77. The van der Waals surface area contributed by atoms with Crippen LogP contribution >= 0.6 is 12.4 Å². The highest BCUT2D eigenvalue weighted by Crippen LogP contribution is 2.48. The van der Waals surface area contributed by atoms with Gasteiger partial charge in [0.25, 0.3) is 11.8 Å². The van der Waals surface area contributed by atoms with Crippen molar-refractivity contribution in [2.45, 2.75) is 37.8 Å². The number of carbonyl (C=O) groups excluding carboxylic acids is 1. The Balaban J connectivity index is 0.00000261. The largest absolute Gasteiger partial charge is 0.481 e. The van der Waals surface area contributed by atoms with Gasteiger partial charge >= 0.3 is 0 Å². The minimum absolute atomic E-state index is 0. The molecule has 1 aromatic heterocycles. The molecule has 0 aromatic carbocycles. The van der Waals surface area contributed by atoms with Gasteiger partial charge in [0, 0.05) is 18.5 Å². The fraction of sp³-hybridized carbons (Fsp3) is 0.647. The maximum atomic E-state index is 14.2. The number of hydrogen-bond donors (Lipinski definition) is 1. The van der Waals surface area contributed by atoms with Crippen LogP contribution in [0.2, 0.25) is 0 Å². The topological polar surface area (TPSA) is 63.7 Å². The second kappa shape index (κ2) is 8.52. The summed E-state index contributed by atoms with van der Waals surface area (Å²) in [6.07, 6.45) is 1.48. The van der Waals surface area contributed by atoms with Gasteiger partial charge < -0.3 is 14.8 Å². The highest BCUT2D eigenvalue weighted by Gasteiger charge is 2.57. The van der Waals surface area contributed by atoms with Crippen molar-refractivity contribution in [2.24, 2.45) is 5.92 Å². The zero-order valence-corrected chi connectivity index (χ0v) is 16.0. The first-order chi connectivity index (χ1) is 12.3. The van der Waals surface area contributed by atoms with Crippen molar-refractivity contribution in [3.63, 3.8) is 0 Å². The van der Waals surface area contributed by atoms with E-state index < -0.39 is 17.7 Å². The molecule has 1 aliphatic heterocycles. The van der Waals surface area contributed by atoms with Crippen LogP contribution in [0.5, 0.6) is 11.8 Å². The van der Waals surface area contributed by atoms with Crippen LogP contribution in [0.15, 0.2) is 6.07 Å². The Labute approximate surface area is 161 Å². The molecule has 2 atom stereocenters. The van der Waals surface area contributed by atoms with Crippen molar-refractivity contribution in [1.29, 1.82) is 0 Å². The van der Waals surface area contributed by atoms with Gasteiger partial charge in [0.15, 0.2) is 5.82 Å². The van der Waals surface area contributed by atoms with Gasteiger partial charge in [-0.05, 0) is 32.5 Å². The molecule has 1 aromatic rings. The van der Waals surface area contributed by atoms with Crippen LogP contribution in [-0.4, -0.2) is 55.1 Å². The van der Waals surface area contributed by atoms with E-state index in [-0.39, 0.29) is 55.7 Å². The maximum absolute atomic E-state index is 14.2. The summed E-state index contributed by atoms with van der Waals surface area (Å²) in [5.74, 6) is -4.85. The zero-order chi connectivity index (χ0) is 18.9. The average Bonchev–Trinajstić information content (AvgIpc) is 2.99. The molecule has 2 unspecified atom stereocenters. The molecule has 2 heterocycles. The highest BCUT2D eigenvalue weighted by atomic mass is 35.5. The van der Waals surface area contributed by atoms with Gasteiger partial charge in [-0.15, -0.1) is 12.4 Å². The first-order valence-corrected chi connectivity index (χ1v) is 8.54. The van der Waals surface area contributed by atoms with E-state index in [1.807, 2.05) is 11.9 Å². The molecular formula is C17H23ClF3N3O3. The van der Waals surface area contributed by atoms with Crippen molar-refractivity contribution in [3.8, 4) is 11.8 Å². The van der Waals surface area contributed by atoms with Gasteiger partial charge in [0.05, 0.1) is 25.7 Å². The average molecular weight is 410 g/mol. The number of nitrogens with one attached hydrogen (secondary N) is 1. The van der Waals surface area contributed by atoms with Crippen LogP contribution in [-0.2, 0) is 11.3 Å². The molecule has 10 heteroatoms. The first-order valence-electron chi connectivity index (χ1n) is 8.54. The van der Waals surface area contributed by atoms with Crippen molar-refractivity contribution in [1.82, 2.24) is 15.2 Å². The predicted octanol–water partition coefficient (Wildman–Crippen LogP) is 2.40. The summed E-state index contributed by atoms with van der Waals surface area (Å²) in [5, 5.41) is 2.76. The lowest BCUT2D eigenvalue weighted by molar-refractivity contribution is -0.125. The quantitative estimate of drug-likeness (QED) is 0.749. The third-order valence-corrected chi connectivity index (χ3v) is 4.83. The molecule has 2 aliphatic rings. The summed E-state index contributed by atoms with van der Waals surface area (Å²) in [6.45, 7) is 0.616. The molecule has 1 aliphatic carbocycles. The predicted molar refractivity (Wildman–Crippen MR) is 94.0 cm³/mol. The van der Waals surface area contributed by atoms with Crippen LogP contribution in [0.25, 0.3) is 0 Å². The molecule has 6 nitrogen and oxygen atoms in total. The van der Waals surface area contributed by atoms with Crippen molar-refractivity contribution in [2.75, 3.05) is 27.3 Å². The fourth-order valence-corrected chi connectivity index (χ4v) is 3.07. The number of amides is 1. The maximum Gasteiger partial charge on any atom is 0.255 e. The highest BCUT2D eigenvalue weighted by molar-refractivity contribution is 5.85. The Kier molecular flexibility index (Phi) is 6.80. The molecule has 0 radical (unpaired) electrons. The van der Waals surface area contributed by atoms with E-state index in [2.05, 4.69) is 10.3 Å². The molecule has 0 spiro atoms. The number of carbonyl (C=O) groups is 1. The summed E-state index contributed by atoms with van der Waals surface area (Å²) in [5.41, 5.74) is 0.350. The second-order valence-corrected chi connectivity index (χ2v) is 6.77. The Morgan fingerprint density at radius 1 is 1.44 bits per heavy atom. The summed E-state index contributed by atoms with van der Waals surface area (Å²) < 4.78 is 50.1. The van der Waals surface area contributed by atoms with E-state index in [0.29, 0.717) is 5.56 Å². The molecule has 27 heavy (non-hydrogen) atoms. The normalized spacial score (nSPS) is 23.4. The van der Waals surface area contributed by atoms with Crippen LogP contribution in [0.4, 0.5) is 13.2 Å². The van der Waals surface area contributed by atoms with Gasteiger partial charge in [-0.2, -0.15) is 4.98 Å². The number of alkyl halides is 2. The van der Waals surface area contributed by atoms with Gasteiger partial charge in [-0.25, -0.2) is 13.2 Å². The summed E-state index contributed by atoms with van der Waals surface area (Å²) in [7, 11) is 3.24. The number of likely N-dealkylation sites (N-methyl/N-ethyl adjacent to an activating group) is 1. The van der Waals surface area contributed by atoms with Crippen LogP contribution in [0.1, 0.15) is 24.8 Å². The number of aromatic nitrogens is 1. The Morgan fingerprint density at radius 3 is 2.70 bits per heavy atom. The molecule has 152 valence electrons. The van der Waals surface area contributed by atoms with Gasteiger partial charge in [0.1, 0.15) is 0 Å². The monoisotopic (exact) mass is 409 g/mol. The number of nitrogens with zero attached hydrogens (tertiary/aromatic N) is 2. The Morgan fingerprint density at radius 2 is 2.15 bits per heavy atom. The molecule has 0 bridgehead atoms. The van der Waals surface area contributed by atoms with E-state index in [0.717, 1.165) is 25.5 Å². The molecule has 3 rings (SSSR count). The summed E-state index contributed by atoms with van der Waals surface area (Å²) in [4.78, 5) is 18.1. The van der Waals surface area contributed by atoms with Gasteiger partial charge in [-0.3, -0.25) is 9.69 Å². The third kappa shape index (κ3) is 4.95. The van der Waals surface area contributed by atoms with Crippen molar-refractivity contribution in [3.05, 3.63) is 17.4 Å². The van der Waals surface area contributed by atoms with Gasteiger partial charge in [0.2, 0.25) is 11.8 Å².